The van der Waals surface area contributed by atoms with Crippen LogP contribution in [-0.2, 0) is 31.9 Å². The van der Waals surface area contributed by atoms with Crippen LogP contribution in [0.2, 0.25) is 0 Å². The number of hydrogen-bond acceptors (Lipinski definition) is 3. The SMILES string of the molecule is CC(C)(C)c1cc(-c2nccc3ccccc23)[c-]c(C2(c3[c-]c4c(cc3)c3cccnc3n3c5ccccc5nc43)c3ccccc3-c3ccccc32)c1.[Pt+2]. The molecule has 0 atom stereocenters. The molecule has 0 amide bonds. The molecule has 0 N–H and O–H groups in total. The van der Waals surface area contributed by atoms with Gasteiger partial charge in [0.1, 0.15) is 5.65 Å². The second-order valence-corrected chi connectivity index (χ2v) is 15.5. The molecule has 0 bridgehead atoms. The second kappa shape index (κ2) is 12.3. The van der Waals surface area contributed by atoms with Gasteiger partial charge in [-0.25, -0.2) is 4.98 Å². The molecule has 0 fully saturated rings. The molecule has 0 aliphatic heterocycles. The van der Waals surface area contributed by atoms with E-state index in [1.807, 2.05) is 24.5 Å². The van der Waals surface area contributed by atoms with E-state index >= 15 is 0 Å². The number of fused-ring (bicyclic) bond motifs is 12. The number of nitrogens with zero attached hydrogens (tertiary/aromatic N) is 4. The van der Waals surface area contributed by atoms with E-state index in [0.717, 1.165) is 71.6 Å². The van der Waals surface area contributed by atoms with Crippen molar-refractivity contribution in [2.75, 3.05) is 0 Å². The summed E-state index contributed by atoms with van der Waals surface area (Å²) < 4.78 is 2.20. The summed E-state index contributed by atoms with van der Waals surface area (Å²) in [5, 5.41) is 5.38. The smallest absolute Gasteiger partial charge is 0.318 e. The van der Waals surface area contributed by atoms with Gasteiger partial charge in [-0.2, -0.15) is 0 Å². The van der Waals surface area contributed by atoms with Crippen molar-refractivity contribution in [1.29, 1.82) is 0 Å². The zero-order valence-electron chi connectivity index (χ0n) is 30.5. The molecule has 4 nitrogen and oxygen atoms in total. The van der Waals surface area contributed by atoms with Gasteiger partial charge in [-0.15, -0.1) is 58.7 Å². The van der Waals surface area contributed by atoms with Crippen molar-refractivity contribution in [3.05, 3.63) is 192 Å². The fourth-order valence-corrected chi connectivity index (χ4v) is 8.93. The Labute approximate surface area is 333 Å². The molecule has 4 heterocycles. The van der Waals surface area contributed by atoms with Crippen LogP contribution in [0.15, 0.2) is 152 Å². The van der Waals surface area contributed by atoms with Gasteiger partial charge >= 0.3 is 21.1 Å². The first kappa shape index (κ1) is 33.6. The number of pyridine rings is 3. The Hall–Kier alpha value is -5.96. The van der Waals surface area contributed by atoms with Gasteiger partial charge in [-0.3, -0.25) is 4.98 Å². The fraction of sp³-hybridized carbons (Fsp3) is 0.100. The first-order valence-electron chi connectivity index (χ1n) is 18.5. The van der Waals surface area contributed by atoms with Crippen molar-refractivity contribution in [3.63, 3.8) is 0 Å². The Morgan fingerprint density at radius 2 is 1.29 bits per heavy atom. The minimum Gasteiger partial charge on any atom is -0.318 e. The standard InChI is InChI=1S/C50H34N4.Pt/c1-49(2,3)34-27-32(46-36-14-5-4-13-31(36)24-26-51-46)28-35(29-34)50(42-18-8-6-15-38(42)39-16-7-9-19-43(39)50)33-22-23-37-40-17-12-25-52-47(40)54-45-21-11-10-20-44(45)53-48(54)41(37)30-33;/h4-27,29H,1-3H3;/q-2;+2. The third kappa shape index (κ3) is 4.77. The molecule has 6 aromatic carbocycles. The Morgan fingerprint density at radius 3 is 2.09 bits per heavy atom. The van der Waals surface area contributed by atoms with Crippen LogP contribution < -0.4 is 0 Å². The summed E-state index contributed by atoms with van der Waals surface area (Å²) in [6, 6.07) is 58.2. The number of para-hydroxylation sites is 2. The summed E-state index contributed by atoms with van der Waals surface area (Å²) in [7, 11) is 0. The van der Waals surface area contributed by atoms with Crippen molar-refractivity contribution in [2.45, 2.75) is 31.6 Å². The summed E-state index contributed by atoms with van der Waals surface area (Å²) >= 11 is 0. The summed E-state index contributed by atoms with van der Waals surface area (Å²) in [5.74, 6) is 0. The molecule has 264 valence electrons. The van der Waals surface area contributed by atoms with Gasteiger partial charge in [0.2, 0.25) is 0 Å². The van der Waals surface area contributed by atoms with Crippen LogP contribution in [0.1, 0.15) is 48.6 Å². The van der Waals surface area contributed by atoms with E-state index in [1.54, 1.807) is 0 Å². The molecule has 10 aromatic rings. The molecule has 0 unspecified atom stereocenters. The molecule has 1 aliphatic rings. The Morgan fingerprint density at radius 1 is 0.582 bits per heavy atom. The third-order valence-corrected chi connectivity index (χ3v) is 11.4. The van der Waals surface area contributed by atoms with Crippen molar-refractivity contribution in [3.8, 4) is 22.4 Å². The molecule has 1 aliphatic carbocycles. The van der Waals surface area contributed by atoms with E-state index in [4.69, 9.17) is 15.0 Å². The predicted octanol–water partition coefficient (Wildman–Crippen LogP) is 11.7. The van der Waals surface area contributed by atoms with Gasteiger partial charge in [0.15, 0.2) is 0 Å². The van der Waals surface area contributed by atoms with Gasteiger partial charge in [-0.05, 0) is 73.8 Å². The molecule has 0 saturated heterocycles. The van der Waals surface area contributed by atoms with Crippen LogP contribution >= 0.6 is 0 Å². The summed E-state index contributed by atoms with van der Waals surface area (Å²) in [6.07, 6.45) is 3.78. The first-order chi connectivity index (χ1) is 26.4. The molecule has 0 radical (unpaired) electrons. The van der Waals surface area contributed by atoms with Crippen molar-refractivity contribution >= 4 is 49.3 Å². The minimum atomic E-state index is -0.741. The summed E-state index contributed by atoms with van der Waals surface area (Å²) in [4.78, 5) is 15.2. The predicted molar refractivity (Wildman–Crippen MR) is 220 cm³/mol. The maximum atomic E-state index is 5.25. The average molecular weight is 886 g/mol. The second-order valence-electron chi connectivity index (χ2n) is 15.5. The molecule has 4 aromatic heterocycles. The van der Waals surface area contributed by atoms with Gasteiger partial charge in [0, 0.05) is 17.8 Å². The number of benzene rings is 6. The van der Waals surface area contributed by atoms with Crippen LogP contribution in [0.3, 0.4) is 0 Å². The van der Waals surface area contributed by atoms with Crippen molar-refractivity contribution in [2.24, 2.45) is 0 Å². The van der Waals surface area contributed by atoms with E-state index in [-0.39, 0.29) is 26.5 Å². The van der Waals surface area contributed by atoms with Crippen LogP contribution in [0.5, 0.6) is 0 Å². The number of imidazole rings is 1. The Kier molecular flexibility index (Phi) is 7.50. The molecule has 55 heavy (non-hydrogen) atoms. The van der Waals surface area contributed by atoms with Crippen LogP contribution in [0.4, 0.5) is 0 Å². The molecular formula is C50H34N4Pt. The third-order valence-electron chi connectivity index (χ3n) is 11.4. The Bertz CT molecular complexity index is 3120. The molecular weight excluding hydrogens is 852 g/mol. The van der Waals surface area contributed by atoms with Crippen molar-refractivity contribution < 1.29 is 21.1 Å². The number of rotatable bonds is 3. The molecule has 0 saturated carbocycles. The fourth-order valence-electron chi connectivity index (χ4n) is 8.93. The molecule has 5 heteroatoms. The molecule has 0 spiro atoms. The average Bonchev–Trinajstić information content (AvgIpc) is 3.75. The van der Waals surface area contributed by atoms with Crippen molar-refractivity contribution in [1.82, 2.24) is 19.4 Å². The van der Waals surface area contributed by atoms with E-state index < -0.39 is 5.41 Å². The largest absolute Gasteiger partial charge is 2.00 e. The van der Waals surface area contributed by atoms with Gasteiger partial charge in [0.25, 0.3) is 0 Å². The normalized spacial score (nSPS) is 13.4. The van der Waals surface area contributed by atoms with Gasteiger partial charge in [0.05, 0.1) is 16.7 Å². The zero-order valence-corrected chi connectivity index (χ0v) is 32.8. The van der Waals surface area contributed by atoms with Crippen LogP contribution in [0.25, 0.3) is 71.6 Å². The maximum absolute atomic E-state index is 5.25. The van der Waals surface area contributed by atoms with Gasteiger partial charge < -0.3 is 9.38 Å². The van der Waals surface area contributed by atoms with E-state index in [2.05, 4.69) is 165 Å². The first-order valence-corrected chi connectivity index (χ1v) is 18.5. The summed E-state index contributed by atoms with van der Waals surface area (Å²) in [6.45, 7) is 6.86. The number of aromatic nitrogens is 4. The Balaban J connectivity index is 0.00000372. The number of hydrogen-bond donors (Lipinski definition) is 0. The topological polar surface area (TPSA) is 43.1 Å². The quantitative estimate of drug-likeness (QED) is 0.131. The van der Waals surface area contributed by atoms with Crippen LogP contribution in [0, 0.1) is 12.1 Å². The van der Waals surface area contributed by atoms with Gasteiger partial charge in [-0.1, -0.05) is 123 Å². The maximum Gasteiger partial charge on any atom is 2.00 e. The minimum absolute atomic E-state index is 0. The summed E-state index contributed by atoms with van der Waals surface area (Å²) in [5.41, 5.74) is 12.9. The van der Waals surface area contributed by atoms with E-state index in [0.29, 0.717) is 0 Å². The van der Waals surface area contributed by atoms with Crippen LogP contribution in [-0.4, -0.2) is 19.4 Å². The van der Waals surface area contributed by atoms with E-state index in [1.165, 1.54) is 27.8 Å². The zero-order chi connectivity index (χ0) is 36.2. The monoisotopic (exact) mass is 885 g/mol. The van der Waals surface area contributed by atoms with E-state index in [9.17, 15) is 0 Å². The molecule has 11 rings (SSSR count).